The zero-order valence-corrected chi connectivity index (χ0v) is 12.5. The molecule has 2 unspecified atom stereocenters. The van der Waals surface area contributed by atoms with Crippen molar-refractivity contribution in [3.05, 3.63) is 4.91 Å². The second-order valence-electron chi connectivity index (χ2n) is 6.32. The van der Waals surface area contributed by atoms with Crippen LogP contribution in [0.3, 0.4) is 0 Å². The molecule has 0 aromatic carbocycles. The molecule has 1 rings (SSSR count). The average Bonchev–Trinajstić information content (AvgIpc) is 2.56. The molecule has 2 atom stereocenters. The molecule has 1 aliphatic rings. The monoisotopic (exact) mass is 275 g/mol. The molecule has 0 radical (unpaired) electrons. The highest BCUT2D eigenvalue weighted by Crippen LogP contribution is 2.28. The van der Waals surface area contributed by atoms with Crippen LogP contribution in [0.25, 0.3) is 0 Å². The lowest BCUT2D eigenvalue weighted by molar-refractivity contribution is -0.233. The van der Waals surface area contributed by atoms with Crippen LogP contribution in [0.2, 0.25) is 0 Å². The maximum Gasteiger partial charge on any atom is 0.181 e. The van der Waals surface area contributed by atoms with Crippen molar-refractivity contribution in [3.63, 3.8) is 0 Å². The van der Waals surface area contributed by atoms with Crippen LogP contribution >= 0.6 is 0 Å². The summed E-state index contributed by atoms with van der Waals surface area (Å²) in [5, 5.41) is 2.65. The standard InChI is InChI=1S/C13H25NO5/c1-12(2,3)19-11(8-16-9-14-15)18-10-6-13(4,5)17-7-10/h10-11H,6-9H2,1-5H3. The normalized spacial score (nSPS) is 24.4. The summed E-state index contributed by atoms with van der Waals surface area (Å²) in [6.07, 6.45) is 0.266. The first kappa shape index (κ1) is 16.5. The Kier molecular flexibility index (Phi) is 5.85. The highest BCUT2D eigenvalue weighted by Gasteiger charge is 2.35. The van der Waals surface area contributed by atoms with Crippen LogP contribution in [-0.4, -0.2) is 43.5 Å². The Labute approximate surface area is 114 Å². The van der Waals surface area contributed by atoms with E-state index in [9.17, 15) is 4.91 Å². The second kappa shape index (κ2) is 6.74. The van der Waals surface area contributed by atoms with E-state index in [4.69, 9.17) is 18.9 Å². The first-order valence-electron chi connectivity index (χ1n) is 6.56. The quantitative estimate of drug-likeness (QED) is 0.405. The highest BCUT2D eigenvalue weighted by molar-refractivity contribution is 4.82. The largest absolute Gasteiger partial charge is 0.373 e. The zero-order chi connectivity index (χ0) is 14.5. The second-order valence-corrected chi connectivity index (χ2v) is 6.32. The van der Waals surface area contributed by atoms with Crippen molar-refractivity contribution in [2.75, 3.05) is 19.9 Å². The van der Waals surface area contributed by atoms with Crippen LogP contribution in [0.4, 0.5) is 0 Å². The molecule has 1 aliphatic heterocycles. The van der Waals surface area contributed by atoms with E-state index in [-0.39, 0.29) is 30.6 Å². The van der Waals surface area contributed by atoms with Gasteiger partial charge in [0.05, 0.1) is 23.9 Å². The van der Waals surface area contributed by atoms with E-state index < -0.39 is 6.29 Å². The molecule has 6 nitrogen and oxygen atoms in total. The van der Waals surface area contributed by atoms with Gasteiger partial charge in [-0.3, -0.25) is 0 Å². The SMILES string of the molecule is CC(C)(C)OC(COCN=O)OC1COC(C)(C)C1. The summed E-state index contributed by atoms with van der Waals surface area (Å²) in [7, 11) is 0. The first-order valence-corrected chi connectivity index (χ1v) is 6.56. The van der Waals surface area contributed by atoms with E-state index >= 15 is 0 Å². The zero-order valence-electron chi connectivity index (χ0n) is 12.5. The lowest BCUT2D eigenvalue weighted by atomic mass is 10.1. The number of ether oxygens (including phenoxy) is 4. The Bertz CT molecular complexity index is 287. The first-order chi connectivity index (χ1) is 8.72. The van der Waals surface area contributed by atoms with Crippen molar-refractivity contribution in [2.45, 2.75) is 64.6 Å². The van der Waals surface area contributed by atoms with Gasteiger partial charge in [-0.15, -0.1) is 4.91 Å². The van der Waals surface area contributed by atoms with Crippen molar-refractivity contribution in [1.82, 2.24) is 0 Å². The fourth-order valence-electron chi connectivity index (χ4n) is 1.97. The van der Waals surface area contributed by atoms with Crippen LogP contribution in [-0.2, 0) is 18.9 Å². The third-order valence-electron chi connectivity index (χ3n) is 2.61. The maximum atomic E-state index is 10.0. The minimum absolute atomic E-state index is 0.0184. The Balaban J connectivity index is 2.46. The third-order valence-corrected chi connectivity index (χ3v) is 2.61. The lowest BCUT2D eigenvalue weighted by Crippen LogP contribution is -2.36. The summed E-state index contributed by atoms with van der Waals surface area (Å²) in [4.78, 5) is 10.0. The summed E-state index contributed by atoms with van der Waals surface area (Å²) >= 11 is 0. The molecule has 0 aromatic heterocycles. The van der Waals surface area contributed by atoms with E-state index in [0.29, 0.717) is 6.61 Å². The predicted molar refractivity (Wildman–Crippen MR) is 70.8 cm³/mol. The number of hydrogen-bond donors (Lipinski definition) is 0. The molecule has 0 N–H and O–H groups in total. The molecule has 1 fully saturated rings. The summed E-state index contributed by atoms with van der Waals surface area (Å²) in [5.74, 6) is 0. The molecule has 0 aromatic rings. The number of rotatable bonds is 7. The van der Waals surface area contributed by atoms with Crippen molar-refractivity contribution in [2.24, 2.45) is 5.18 Å². The molecule has 0 amide bonds. The molecule has 1 heterocycles. The molecule has 1 saturated heterocycles. The Morgan fingerprint density at radius 3 is 2.58 bits per heavy atom. The number of nitrogens with zero attached hydrogens (tertiary/aromatic N) is 1. The molecule has 19 heavy (non-hydrogen) atoms. The Morgan fingerprint density at radius 1 is 1.42 bits per heavy atom. The van der Waals surface area contributed by atoms with Gasteiger partial charge in [-0.2, -0.15) is 0 Å². The summed E-state index contributed by atoms with van der Waals surface area (Å²) in [6.45, 7) is 10.4. The third kappa shape index (κ3) is 6.96. The number of hydrogen-bond acceptors (Lipinski definition) is 6. The molecular weight excluding hydrogens is 250 g/mol. The minimum Gasteiger partial charge on any atom is -0.373 e. The summed E-state index contributed by atoms with van der Waals surface area (Å²) < 4.78 is 22.3. The van der Waals surface area contributed by atoms with Gasteiger partial charge in [-0.25, -0.2) is 0 Å². The van der Waals surface area contributed by atoms with E-state index in [1.165, 1.54) is 0 Å². The fourth-order valence-corrected chi connectivity index (χ4v) is 1.97. The van der Waals surface area contributed by atoms with Gasteiger partial charge in [-0.1, -0.05) is 0 Å². The van der Waals surface area contributed by atoms with Crippen LogP contribution in [0, 0.1) is 4.91 Å². The van der Waals surface area contributed by atoms with Crippen molar-refractivity contribution >= 4 is 0 Å². The number of nitroso groups, excluding NO2 is 1. The van der Waals surface area contributed by atoms with Crippen molar-refractivity contribution in [3.8, 4) is 0 Å². The van der Waals surface area contributed by atoms with E-state index in [2.05, 4.69) is 5.18 Å². The topological polar surface area (TPSA) is 66.4 Å². The molecule has 6 heteroatoms. The maximum absolute atomic E-state index is 10.0. The van der Waals surface area contributed by atoms with Gasteiger partial charge in [0.15, 0.2) is 13.0 Å². The highest BCUT2D eigenvalue weighted by atomic mass is 16.7. The van der Waals surface area contributed by atoms with Crippen LogP contribution in [0.1, 0.15) is 41.0 Å². The molecule has 0 saturated carbocycles. The average molecular weight is 275 g/mol. The van der Waals surface area contributed by atoms with E-state index in [1.54, 1.807) is 0 Å². The molecule has 0 spiro atoms. The molecule has 0 aliphatic carbocycles. The smallest absolute Gasteiger partial charge is 0.181 e. The lowest BCUT2D eigenvalue weighted by Gasteiger charge is -2.29. The summed E-state index contributed by atoms with van der Waals surface area (Å²) in [5.41, 5.74) is -0.514. The van der Waals surface area contributed by atoms with Crippen molar-refractivity contribution < 1.29 is 18.9 Å². The van der Waals surface area contributed by atoms with Gasteiger partial charge in [0.2, 0.25) is 0 Å². The Morgan fingerprint density at radius 2 is 2.11 bits per heavy atom. The molecule has 112 valence electrons. The minimum atomic E-state index is -0.524. The van der Waals surface area contributed by atoms with Gasteiger partial charge in [0.25, 0.3) is 0 Å². The van der Waals surface area contributed by atoms with E-state index in [0.717, 1.165) is 6.42 Å². The summed E-state index contributed by atoms with van der Waals surface area (Å²) in [6, 6.07) is 0. The molecule has 0 bridgehead atoms. The van der Waals surface area contributed by atoms with Crippen LogP contribution in [0.5, 0.6) is 0 Å². The molecular formula is C13H25NO5. The van der Waals surface area contributed by atoms with Crippen LogP contribution < -0.4 is 0 Å². The van der Waals surface area contributed by atoms with Gasteiger partial charge in [-0.05, 0) is 39.8 Å². The van der Waals surface area contributed by atoms with Crippen LogP contribution in [0.15, 0.2) is 5.18 Å². The fraction of sp³-hybridized carbons (Fsp3) is 1.00. The van der Waals surface area contributed by atoms with Gasteiger partial charge in [0.1, 0.15) is 6.61 Å². The predicted octanol–water partition coefficient (Wildman–Crippen LogP) is 2.45. The van der Waals surface area contributed by atoms with Gasteiger partial charge < -0.3 is 18.9 Å². The van der Waals surface area contributed by atoms with Crippen molar-refractivity contribution in [1.29, 1.82) is 0 Å². The Hall–Kier alpha value is -0.560. The van der Waals surface area contributed by atoms with E-state index in [1.807, 2.05) is 34.6 Å². The van der Waals surface area contributed by atoms with Gasteiger partial charge in [0, 0.05) is 6.42 Å². The van der Waals surface area contributed by atoms with Gasteiger partial charge >= 0.3 is 0 Å².